The largest absolute Gasteiger partial charge is 0.397 e. The number of hydrogen-bond acceptors (Lipinski definition) is 3. The maximum absolute atomic E-state index is 12.9. The van der Waals surface area contributed by atoms with Gasteiger partial charge in [-0.05, 0) is 52.3 Å². The Hall–Kier alpha value is -2.06. The molecular weight excluding hydrogens is 297 g/mol. The molecule has 0 aliphatic heterocycles. The van der Waals surface area contributed by atoms with Crippen molar-refractivity contribution in [3.05, 3.63) is 52.3 Å². The van der Waals surface area contributed by atoms with Crippen molar-refractivity contribution in [2.45, 2.75) is 0 Å². The number of anilines is 3. The van der Waals surface area contributed by atoms with Crippen molar-refractivity contribution in [3.8, 4) is 6.07 Å². The first kappa shape index (κ1) is 12.4. The van der Waals surface area contributed by atoms with E-state index in [-0.39, 0.29) is 5.82 Å². The zero-order valence-corrected chi connectivity index (χ0v) is 10.8. The highest BCUT2D eigenvalue weighted by atomic mass is 79.9. The van der Waals surface area contributed by atoms with E-state index in [0.29, 0.717) is 16.9 Å². The highest BCUT2D eigenvalue weighted by Crippen LogP contribution is 2.29. The Morgan fingerprint density at radius 3 is 2.50 bits per heavy atom. The number of nitrogens with zero attached hydrogens (tertiary/aromatic N) is 1. The minimum atomic E-state index is -0.378. The average molecular weight is 306 g/mol. The molecule has 2 rings (SSSR count). The summed E-state index contributed by atoms with van der Waals surface area (Å²) < 4.78 is 13.7. The van der Waals surface area contributed by atoms with Crippen LogP contribution in [0.5, 0.6) is 0 Å². The zero-order chi connectivity index (χ0) is 13.1. The van der Waals surface area contributed by atoms with Gasteiger partial charge in [0.05, 0.1) is 28.7 Å². The van der Waals surface area contributed by atoms with Gasteiger partial charge in [0, 0.05) is 4.47 Å². The smallest absolute Gasteiger partial charge is 0.125 e. The van der Waals surface area contributed by atoms with E-state index in [4.69, 9.17) is 11.0 Å². The number of benzene rings is 2. The molecule has 3 N–H and O–H groups in total. The van der Waals surface area contributed by atoms with Gasteiger partial charge in [-0.1, -0.05) is 0 Å². The molecule has 0 atom stereocenters. The zero-order valence-electron chi connectivity index (χ0n) is 9.24. The summed E-state index contributed by atoms with van der Waals surface area (Å²) in [6, 6.07) is 11.3. The fourth-order valence-corrected chi connectivity index (χ4v) is 1.96. The second-order valence-corrected chi connectivity index (χ2v) is 4.52. The van der Waals surface area contributed by atoms with Crippen molar-refractivity contribution >= 4 is 33.0 Å². The third-order valence-corrected chi connectivity index (χ3v) is 3.04. The third-order valence-electron chi connectivity index (χ3n) is 2.38. The molecule has 2 aromatic rings. The maximum atomic E-state index is 12.9. The summed E-state index contributed by atoms with van der Waals surface area (Å²) in [5, 5.41) is 11.8. The van der Waals surface area contributed by atoms with Gasteiger partial charge >= 0.3 is 0 Å². The van der Waals surface area contributed by atoms with E-state index in [1.807, 2.05) is 6.07 Å². The maximum Gasteiger partial charge on any atom is 0.125 e. The molecule has 0 bridgehead atoms. The van der Waals surface area contributed by atoms with Crippen molar-refractivity contribution < 1.29 is 4.39 Å². The van der Waals surface area contributed by atoms with Crippen LogP contribution in [0, 0.1) is 17.1 Å². The SMILES string of the molecule is N#Cc1ccc(Nc2ccc(F)cc2N)c(Br)c1. The molecular formula is C13H9BrFN3. The lowest BCUT2D eigenvalue weighted by Crippen LogP contribution is -1.97. The quantitative estimate of drug-likeness (QED) is 0.830. The van der Waals surface area contributed by atoms with Crippen LogP contribution in [0.15, 0.2) is 40.9 Å². The molecule has 2 aromatic carbocycles. The number of rotatable bonds is 2. The lowest BCUT2D eigenvalue weighted by atomic mass is 10.2. The van der Waals surface area contributed by atoms with Gasteiger partial charge in [0.1, 0.15) is 5.82 Å². The molecule has 0 spiro atoms. The number of nitrogens with one attached hydrogen (secondary N) is 1. The fourth-order valence-electron chi connectivity index (χ4n) is 1.48. The summed E-state index contributed by atoms with van der Waals surface area (Å²) in [4.78, 5) is 0. The minimum Gasteiger partial charge on any atom is -0.397 e. The van der Waals surface area contributed by atoms with Crippen molar-refractivity contribution in [2.24, 2.45) is 0 Å². The fraction of sp³-hybridized carbons (Fsp3) is 0. The second kappa shape index (κ2) is 5.07. The molecule has 0 amide bonds. The number of halogens is 2. The van der Waals surface area contributed by atoms with Crippen LogP contribution in [-0.2, 0) is 0 Å². The molecule has 0 radical (unpaired) electrons. The highest BCUT2D eigenvalue weighted by molar-refractivity contribution is 9.10. The van der Waals surface area contributed by atoms with Gasteiger partial charge in [0.2, 0.25) is 0 Å². The Kier molecular flexibility index (Phi) is 3.49. The van der Waals surface area contributed by atoms with Crippen molar-refractivity contribution in [2.75, 3.05) is 11.1 Å². The highest BCUT2D eigenvalue weighted by Gasteiger charge is 2.05. The van der Waals surface area contributed by atoms with E-state index in [9.17, 15) is 4.39 Å². The van der Waals surface area contributed by atoms with Gasteiger partial charge in [-0.3, -0.25) is 0 Å². The molecule has 0 unspecified atom stereocenters. The molecule has 18 heavy (non-hydrogen) atoms. The first-order valence-electron chi connectivity index (χ1n) is 5.12. The topological polar surface area (TPSA) is 61.8 Å². The van der Waals surface area contributed by atoms with Gasteiger partial charge in [-0.2, -0.15) is 5.26 Å². The molecule has 90 valence electrons. The Morgan fingerprint density at radius 2 is 1.89 bits per heavy atom. The number of nitrogens with two attached hydrogens (primary N) is 1. The molecule has 0 aliphatic carbocycles. The summed E-state index contributed by atoms with van der Waals surface area (Å²) in [6.45, 7) is 0. The van der Waals surface area contributed by atoms with E-state index in [1.165, 1.54) is 12.1 Å². The van der Waals surface area contributed by atoms with Crippen molar-refractivity contribution in [1.82, 2.24) is 0 Å². The van der Waals surface area contributed by atoms with Gasteiger partial charge < -0.3 is 11.1 Å². The Labute approximate surface area is 112 Å². The van der Waals surface area contributed by atoms with Crippen molar-refractivity contribution in [3.63, 3.8) is 0 Å². The lowest BCUT2D eigenvalue weighted by molar-refractivity contribution is 0.628. The molecule has 0 fully saturated rings. The third kappa shape index (κ3) is 2.60. The second-order valence-electron chi connectivity index (χ2n) is 3.66. The number of nitriles is 1. The standard InChI is InChI=1S/C13H9BrFN3/c14-10-5-8(7-16)1-3-12(10)18-13-4-2-9(15)6-11(13)17/h1-6,18H,17H2. The minimum absolute atomic E-state index is 0.325. The van der Waals surface area contributed by atoms with E-state index in [0.717, 1.165) is 10.2 Å². The molecule has 0 aromatic heterocycles. The molecule has 0 saturated heterocycles. The summed E-state index contributed by atoms with van der Waals surface area (Å²) in [6.07, 6.45) is 0. The van der Waals surface area contributed by atoms with Gasteiger partial charge in [0.25, 0.3) is 0 Å². The Bertz CT molecular complexity index is 635. The normalized spacial score (nSPS) is 9.83. The molecule has 0 heterocycles. The van der Waals surface area contributed by atoms with E-state index in [1.54, 1.807) is 24.3 Å². The van der Waals surface area contributed by atoms with Gasteiger partial charge in [0.15, 0.2) is 0 Å². The van der Waals surface area contributed by atoms with Crippen LogP contribution < -0.4 is 11.1 Å². The molecule has 3 nitrogen and oxygen atoms in total. The summed E-state index contributed by atoms with van der Waals surface area (Å²) >= 11 is 3.36. The summed E-state index contributed by atoms with van der Waals surface area (Å²) in [7, 11) is 0. The van der Waals surface area contributed by atoms with E-state index < -0.39 is 0 Å². The van der Waals surface area contributed by atoms with Crippen LogP contribution in [0.4, 0.5) is 21.5 Å². The van der Waals surface area contributed by atoms with Gasteiger partial charge in [-0.25, -0.2) is 4.39 Å². The van der Waals surface area contributed by atoms with E-state index in [2.05, 4.69) is 21.2 Å². The van der Waals surface area contributed by atoms with Crippen molar-refractivity contribution in [1.29, 1.82) is 5.26 Å². The Balaban J connectivity index is 2.32. The van der Waals surface area contributed by atoms with Crippen LogP contribution in [0.3, 0.4) is 0 Å². The Morgan fingerprint density at radius 1 is 1.17 bits per heavy atom. The molecule has 0 saturated carbocycles. The predicted molar refractivity (Wildman–Crippen MR) is 73.0 cm³/mol. The molecule has 5 heteroatoms. The van der Waals surface area contributed by atoms with Crippen LogP contribution in [0.25, 0.3) is 0 Å². The number of hydrogen-bond donors (Lipinski definition) is 2. The summed E-state index contributed by atoms with van der Waals surface area (Å²) in [5.74, 6) is -0.378. The first-order valence-corrected chi connectivity index (χ1v) is 5.91. The van der Waals surface area contributed by atoms with Crippen LogP contribution in [0.2, 0.25) is 0 Å². The first-order chi connectivity index (χ1) is 8.60. The summed E-state index contributed by atoms with van der Waals surface area (Å²) in [5.41, 5.74) is 7.96. The van der Waals surface area contributed by atoms with Crippen LogP contribution in [-0.4, -0.2) is 0 Å². The lowest BCUT2D eigenvalue weighted by Gasteiger charge is -2.11. The molecule has 0 aliphatic rings. The average Bonchev–Trinajstić information content (AvgIpc) is 2.34. The van der Waals surface area contributed by atoms with Crippen LogP contribution in [0.1, 0.15) is 5.56 Å². The monoisotopic (exact) mass is 305 g/mol. The predicted octanol–water partition coefficient (Wildman–Crippen LogP) is 3.79. The van der Waals surface area contributed by atoms with Crippen LogP contribution >= 0.6 is 15.9 Å². The van der Waals surface area contributed by atoms with E-state index >= 15 is 0 Å². The van der Waals surface area contributed by atoms with Gasteiger partial charge in [-0.15, -0.1) is 0 Å². The number of nitrogen functional groups attached to an aromatic ring is 1.